The number of fused-ring (bicyclic) bond motifs is 1. The molecule has 0 radical (unpaired) electrons. The number of carbonyl (C=O) groups is 1. The number of nitrogen functional groups attached to an aromatic ring is 1. The standard InChI is InChI=1S/C21H24N4O2S/c1-2-27-20(26)17-12-16-18(23-21(22)24-19(16)28-17)15-8-6-14(7-9-15)13-25-10-4-3-5-11-25/h6-9,12H,2-5,10-11,13H2,1H3,(H2,22,23,24). The Morgan fingerprint density at radius 3 is 2.64 bits per heavy atom. The zero-order valence-electron chi connectivity index (χ0n) is 16.0. The lowest BCUT2D eigenvalue weighted by Crippen LogP contribution is -2.28. The molecule has 146 valence electrons. The molecule has 4 rings (SSSR count). The third-order valence-electron chi connectivity index (χ3n) is 4.97. The van der Waals surface area contributed by atoms with Crippen LogP contribution in [-0.4, -0.2) is 40.5 Å². The molecule has 2 N–H and O–H groups in total. The maximum Gasteiger partial charge on any atom is 0.348 e. The second-order valence-corrected chi connectivity index (χ2v) is 8.04. The third-order valence-corrected chi connectivity index (χ3v) is 5.98. The molecule has 6 nitrogen and oxygen atoms in total. The van der Waals surface area contributed by atoms with Gasteiger partial charge < -0.3 is 10.5 Å². The number of hydrogen-bond acceptors (Lipinski definition) is 7. The summed E-state index contributed by atoms with van der Waals surface area (Å²) in [4.78, 5) is 24.5. The van der Waals surface area contributed by atoms with E-state index in [0.29, 0.717) is 16.3 Å². The molecule has 0 bridgehead atoms. The number of anilines is 1. The molecular formula is C21H24N4O2S. The van der Waals surface area contributed by atoms with E-state index in [1.54, 1.807) is 13.0 Å². The van der Waals surface area contributed by atoms with E-state index in [1.165, 1.54) is 49.3 Å². The van der Waals surface area contributed by atoms with E-state index in [2.05, 4.69) is 39.1 Å². The molecule has 0 atom stereocenters. The Morgan fingerprint density at radius 2 is 1.93 bits per heavy atom. The Balaban J connectivity index is 1.63. The molecule has 3 aromatic rings. The topological polar surface area (TPSA) is 81.3 Å². The molecule has 1 aliphatic rings. The summed E-state index contributed by atoms with van der Waals surface area (Å²) < 4.78 is 5.11. The number of nitrogens with two attached hydrogens (primary N) is 1. The molecule has 7 heteroatoms. The predicted octanol–water partition coefficient (Wildman–Crippen LogP) is 4.10. The van der Waals surface area contributed by atoms with E-state index in [0.717, 1.165) is 23.2 Å². The normalized spacial score (nSPS) is 15.0. The molecule has 0 spiro atoms. The first-order valence-electron chi connectivity index (χ1n) is 9.70. The first-order chi connectivity index (χ1) is 13.6. The fraction of sp³-hybridized carbons (Fsp3) is 0.381. The van der Waals surface area contributed by atoms with E-state index in [4.69, 9.17) is 10.5 Å². The molecule has 0 aliphatic carbocycles. The summed E-state index contributed by atoms with van der Waals surface area (Å²) in [6.07, 6.45) is 3.92. The number of thiophene rings is 1. The van der Waals surface area contributed by atoms with Crippen LogP contribution in [0, 0.1) is 0 Å². The fourth-order valence-electron chi connectivity index (χ4n) is 3.60. The SMILES string of the molecule is CCOC(=O)c1cc2c(-c3ccc(CN4CCCCC4)cc3)nc(N)nc2s1. The minimum Gasteiger partial charge on any atom is -0.462 e. The number of nitrogens with zero attached hydrogens (tertiary/aromatic N) is 3. The number of aromatic nitrogens is 2. The number of carbonyl (C=O) groups excluding carboxylic acids is 1. The lowest BCUT2D eigenvalue weighted by Gasteiger charge is -2.26. The molecule has 0 saturated carbocycles. The molecule has 28 heavy (non-hydrogen) atoms. The minimum atomic E-state index is -0.341. The van der Waals surface area contributed by atoms with Crippen molar-refractivity contribution in [1.82, 2.24) is 14.9 Å². The van der Waals surface area contributed by atoms with Gasteiger partial charge in [0.15, 0.2) is 0 Å². The van der Waals surface area contributed by atoms with Crippen LogP contribution in [0.15, 0.2) is 30.3 Å². The van der Waals surface area contributed by atoms with Crippen molar-refractivity contribution in [3.8, 4) is 11.3 Å². The maximum absolute atomic E-state index is 12.1. The van der Waals surface area contributed by atoms with E-state index in [1.807, 2.05) is 0 Å². The number of esters is 1. The van der Waals surface area contributed by atoms with Crippen molar-refractivity contribution in [2.24, 2.45) is 0 Å². The summed E-state index contributed by atoms with van der Waals surface area (Å²) in [6, 6.07) is 10.2. The lowest BCUT2D eigenvalue weighted by molar-refractivity contribution is 0.0532. The third kappa shape index (κ3) is 4.00. The second-order valence-electron chi connectivity index (χ2n) is 7.01. The number of likely N-dealkylation sites (tertiary alicyclic amines) is 1. The van der Waals surface area contributed by atoms with Gasteiger partial charge in [0.1, 0.15) is 9.71 Å². The van der Waals surface area contributed by atoms with Gasteiger partial charge in [0.2, 0.25) is 5.95 Å². The molecule has 0 unspecified atom stereocenters. The van der Waals surface area contributed by atoms with Gasteiger partial charge in [-0.15, -0.1) is 11.3 Å². The summed E-state index contributed by atoms with van der Waals surface area (Å²) in [5, 5.41) is 0.825. The summed E-state index contributed by atoms with van der Waals surface area (Å²) in [6.45, 7) is 5.46. The number of benzene rings is 1. The lowest BCUT2D eigenvalue weighted by atomic mass is 10.1. The van der Waals surface area contributed by atoms with Crippen molar-refractivity contribution in [3.63, 3.8) is 0 Å². The highest BCUT2D eigenvalue weighted by atomic mass is 32.1. The van der Waals surface area contributed by atoms with Crippen LogP contribution in [0.1, 0.15) is 41.4 Å². The zero-order chi connectivity index (χ0) is 19.5. The Labute approximate surface area is 168 Å². The Bertz CT molecular complexity index is 978. The van der Waals surface area contributed by atoms with Crippen LogP contribution in [0.2, 0.25) is 0 Å². The van der Waals surface area contributed by atoms with Gasteiger partial charge in [-0.25, -0.2) is 14.8 Å². The van der Waals surface area contributed by atoms with E-state index < -0.39 is 0 Å². The number of ether oxygens (including phenoxy) is 1. The van der Waals surface area contributed by atoms with Crippen molar-refractivity contribution >= 4 is 33.5 Å². The first kappa shape index (κ1) is 18.8. The Morgan fingerprint density at radius 1 is 1.18 bits per heavy atom. The second kappa shape index (κ2) is 8.24. The van der Waals surface area contributed by atoms with Gasteiger partial charge in [0.05, 0.1) is 12.3 Å². The van der Waals surface area contributed by atoms with Gasteiger partial charge in [-0.3, -0.25) is 4.90 Å². The van der Waals surface area contributed by atoms with Crippen LogP contribution >= 0.6 is 11.3 Å². The summed E-state index contributed by atoms with van der Waals surface area (Å²) in [7, 11) is 0. The van der Waals surface area contributed by atoms with Gasteiger partial charge >= 0.3 is 5.97 Å². The largest absolute Gasteiger partial charge is 0.462 e. The van der Waals surface area contributed by atoms with Crippen molar-refractivity contribution in [1.29, 1.82) is 0 Å². The molecule has 0 amide bonds. The molecule has 2 aromatic heterocycles. The van der Waals surface area contributed by atoms with E-state index >= 15 is 0 Å². The van der Waals surface area contributed by atoms with Gasteiger partial charge in [-0.2, -0.15) is 0 Å². The fourth-order valence-corrected chi connectivity index (χ4v) is 4.54. The Hall–Kier alpha value is -2.51. The molecule has 1 aliphatic heterocycles. The minimum absolute atomic E-state index is 0.206. The van der Waals surface area contributed by atoms with Gasteiger partial charge in [-0.05, 0) is 44.5 Å². The number of hydrogen-bond donors (Lipinski definition) is 1. The number of rotatable bonds is 5. The first-order valence-corrected chi connectivity index (χ1v) is 10.5. The van der Waals surface area contributed by atoms with Gasteiger partial charge in [-0.1, -0.05) is 30.7 Å². The van der Waals surface area contributed by atoms with Crippen LogP contribution in [0.5, 0.6) is 0 Å². The van der Waals surface area contributed by atoms with Crippen LogP contribution in [0.25, 0.3) is 21.5 Å². The maximum atomic E-state index is 12.1. The average Bonchev–Trinajstić information content (AvgIpc) is 3.13. The number of piperidine rings is 1. The van der Waals surface area contributed by atoms with Crippen molar-refractivity contribution in [2.75, 3.05) is 25.4 Å². The zero-order valence-corrected chi connectivity index (χ0v) is 16.8. The average molecular weight is 397 g/mol. The highest BCUT2D eigenvalue weighted by molar-refractivity contribution is 7.20. The summed E-state index contributed by atoms with van der Waals surface area (Å²) in [5.74, 6) is -0.135. The highest BCUT2D eigenvalue weighted by Gasteiger charge is 2.17. The highest BCUT2D eigenvalue weighted by Crippen LogP contribution is 2.33. The van der Waals surface area contributed by atoms with Crippen molar-refractivity contribution in [3.05, 3.63) is 40.8 Å². The van der Waals surface area contributed by atoms with Crippen LogP contribution in [0.3, 0.4) is 0 Å². The van der Waals surface area contributed by atoms with Crippen molar-refractivity contribution in [2.45, 2.75) is 32.7 Å². The van der Waals surface area contributed by atoms with E-state index in [9.17, 15) is 4.79 Å². The summed E-state index contributed by atoms with van der Waals surface area (Å²) in [5.41, 5.74) is 8.93. The quantitative estimate of drug-likeness (QED) is 0.654. The molecule has 3 heterocycles. The monoisotopic (exact) mass is 396 g/mol. The molecule has 1 fully saturated rings. The molecular weight excluding hydrogens is 372 g/mol. The summed E-state index contributed by atoms with van der Waals surface area (Å²) >= 11 is 1.28. The Kier molecular flexibility index (Phi) is 5.54. The van der Waals surface area contributed by atoms with E-state index in [-0.39, 0.29) is 11.9 Å². The van der Waals surface area contributed by atoms with Crippen molar-refractivity contribution < 1.29 is 9.53 Å². The van der Waals surface area contributed by atoms with Crippen LogP contribution in [-0.2, 0) is 11.3 Å². The smallest absolute Gasteiger partial charge is 0.348 e. The van der Waals surface area contributed by atoms with Crippen LogP contribution in [0.4, 0.5) is 5.95 Å². The molecule has 1 saturated heterocycles. The van der Waals surface area contributed by atoms with Gasteiger partial charge in [0.25, 0.3) is 0 Å². The van der Waals surface area contributed by atoms with Gasteiger partial charge in [0, 0.05) is 17.5 Å². The molecule has 1 aromatic carbocycles. The van der Waals surface area contributed by atoms with Crippen LogP contribution < -0.4 is 5.73 Å². The predicted molar refractivity (Wildman–Crippen MR) is 112 cm³/mol.